The van der Waals surface area contributed by atoms with Crippen LogP contribution in [0.3, 0.4) is 0 Å². The fourth-order valence-electron chi connectivity index (χ4n) is 1.86. The van der Waals surface area contributed by atoms with Crippen molar-refractivity contribution >= 4 is 0 Å². The summed E-state index contributed by atoms with van der Waals surface area (Å²) in [6.07, 6.45) is 8.25. The highest BCUT2D eigenvalue weighted by molar-refractivity contribution is 5.07. The Morgan fingerprint density at radius 2 is 2.29 bits per heavy atom. The number of nitrogens with one attached hydrogen (secondary N) is 1. The van der Waals surface area contributed by atoms with E-state index in [4.69, 9.17) is 5.84 Å². The topological polar surface area (TPSA) is 73.7 Å². The van der Waals surface area contributed by atoms with Crippen LogP contribution in [-0.4, -0.2) is 19.1 Å². The van der Waals surface area contributed by atoms with Gasteiger partial charge in [0.05, 0.1) is 18.1 Å². The maximum absolute atomic E-state index is 5.59. The van der Waals surface area contributed by atoms with Gasteiger partial charge in [-0.15, -0.1) is 0 Å². The summed E-state index contributed by atoms with van der Waals surface area (Å²) in [6, 6.07) is -0.0103. The molecule has 2 aromatic heterocycles. The number of imidazole rings is 2. The van der Waals surface area contributed by atoms with Gasteiger partial charge in [0.2, 0.25) is 0 Å². The minimum atomic E-state index is -0.0103. The molecule has 3 N–H and O–H groups in total. The lowest BCUT2D eigenvalue weighted by Gasteiger charge is -2.13. The lowest BCUT2D eigenvalue weighted by Crippen LogP contribution is -2.30. The molecule has 0 amide bonds. The summed E-state index contributed by atoms with van der Waals surface area (Å²) in [7, 11) is 1.94. The lowest BCUT2D eigenvalue weighted by molar-refractivity contribution is 0.513. The summed E-state index contributed by atoms with van der Waals surface area (Å²) in [5.41, 5.74) is 3.72. The van der Waals surface area contributed by atoms with Crippen molar-refractivity contribution in [3.8, 4) is 0 Å². The van der Waals surface area contributed by atoms with Crippen LogP contribution in [0.1, 0.15) is 24.5 Å². The van der Waals surface area contributed by atoms with Crippen LogP contribution < -0.4 is 11.3 Å². The summed E-state index contributed by atoms with van der Waals surface area (Å²) >= 11 is 0. The maximum atomic E-state index is 5.59. The van der Waals surface area contributed by atoms with Crippen LogP contribution in [-0.2, 0) is 20.0 Å². The number of nitrogens with zero attached hydrogens (tertiary/aromatic N) is 4. The minimum Gasteiger partial charge on any atom is -0.340 e. The molecule has 2 rings (SSSR count). The Kier molecular flexibility index (Phi) is 3.55. The molecule has 1 atom stereocenters. The van der Waals surface area contributed by atoms with Crippen molar-refractivity contribution in [2.24, 2.45) is 12.9 Å². The Hall–Kier alpha value is -1.66. The third-order valence-corrected chi connectivity index (χ3v) is 2.81. The third-order valence-electron chi connectivity index (χ3n) is 2.81. The minimum absolute atomic E-state index is 0.0103. The predicted octanol–water partition coefficient (Wildman–Crippen LogP) is 0.384. The first-order valence-electron chi connectivity index (χ1n) is 5.68. The zero-order chi connectivity index (χ0) is 12.3. The average Bonchev–Trinajstić information content (AvgIpc) is 2.94. The molecule has 0 saturated heterocycles. The van der Waals surface area contributed by atoms with Crippen molar-refractivity contribution < 1.29 is 0 Å². The normalized spacial score (nSPS) is 12.9. The molecule has 6 heteroatoms. The van der Waals surface area contributed by atoms with Crippen LogP contribution in [0, 0.1) is 0 Å². The van der Waals surface area contributed by atoms with Gasteiger partial charge in [-0.2, -0.15) is 0 Å². The Bertz CT molecular complexity index is 472. The van der Waals surface area contributed by atoms with Gasteiger partial charge in [0.1, 0.15) is 5.82 Å². The second-order valence-electron chi connectivity index (χ2n) is 4.02. The second-order valence-corrected chi connectivity index (χ2v) is 4.02. The first-order chi connectivity index (χ1) is 8.24. The van der Waals surface area contributed by atoms with Crippen molar-refractivity contribution in [1.29, 1.82) is 0 Å². The fraction of sp³-hybridized carbons (Fsp3) is 0.455. The first-order valence-corrected chi connectivity index (χ1v) is 5.68. The molecule has 6 nitrogen and oxygen atoms in total. The molecule has 0 aliphatic rings. The molecule has 1 unspecified atom stereocenters. The van der Waals surface area contributed by atoms with E-state index in [9.17, 15) is 0 Å². The molecule has 2 heterocycles. The number of rotatable bonds is 5. The van der Waals surface area contributed by atoms with Crippen molar-refractivity contribution in [2.75, 3.05) is 0 Å². The Morgan fingerprint density at radius 1 is 1.47 bits per heavy atom. The van der Waals surface area contributed by atoms with E-state index >= 15 is 0 Å². The number of hydrazine groups is 1. The van der Waals surface area contributed by atoms with Crippen LogP contribution in [0.25, 0.3) is 0 Å². The standard InChI is InChI=1S/C11H18N6/c1-3-17-5-4-13-11(17)6-9(15-12)10-7-16(2)8-14-10/h4-5,7-9,15H,3,6,12H2,1-2H3. The zero-order valence-corrected chi connectivity index (χ0v) is 10.2. The molecule has 17 heavy (non-hydrogen) atoms. The van der Waals surface area contributed by atoms with Crippen molar-refractivity contribution in [3.05, 3.63) is 36.4 Å². The molecule has 0 radical (unpaired) electrons. The van der Waals surface area contributed by atoms with E-state index in [1.54, 1.807) is 6.33 Å². The Balaban J connectivity index is 2.15. The number of hydrogen-bond donors (Lipinski definition) is 2. The molecule has 0 aliphatic heterocycles. The van der Waals surface area contributed by atoms with E-state index in [0.717, 1.165) is 24.5 Å². The number of nitrogens with two attached hydrogens (primary N) is 1. The molecule has 0 bridgehead atoms. The Labute approximate surface area is 100 Å². The second kappa shape index (κ2) is 5.11. The number of aromatic nitrogens is 4. The summed E-state index contributed by atoms with van der Waals surface area (Å²) in [5.74, 6) is 6.60. The molecule has 92 valence electrons. The fourth-order valence-corrected chi connectivity index (χ4v) is 1.86. The molecule has 0 aromatic carbocycles. The van der Waals surface area contributed by atoms with E-state index < -0.39 is 0 Å². The lowest BCUT2D eigenvalue weighted by atomic mass is 10.1. The van der Waals surface area contributed by atoms with E-state index in [2.05, 4.69) is 26.9 Å². The molecular weight excluding hydrogens is 216 g/mol. The van der Waals surface area contributed by atoms with Crippen LogP contribution in [0.5, 0.6) is 0 Å². The van der Waals surface area contributed by atoms with Crippen LogP contribution in [0.2, 0.25) is 0 Å². The van der Waals surface area contributed by atoms with Gasteiger partial charge in [0.15, 0.2) is 0 Å². The zero-order valence-electron chi connectivity index (χ0n) is 10.2. The summed E-state index contributed by atoms with van der Waals surface area (Å²) < 4.78 is 4.01. The van der Waals surface area contributed by atoms with E-state index in [-0.39, 0.29) is 6.04 Å². The van der Waals surface area contributed by atoms with Gasteiger partial charge in [-0.1, -0.05) is 0 Å². The first kappa shape index (κ1) is 11.8. The van der Waals surface area contributed by atoms with E-state index in [1.807, 2.05) is 30.2 Å². The predicted molar refractivity (Wildman–Crippen MR) is 64.9 cm³/mol. The summed E-state index contributed by atoms with van der Waals surface area (Å²) in [4.78, 5) is 8.65. The maximum Gasteiger partial charge on any atom is 0.110 e. The number of aryl methyl sites for hydroxylation is 2. The highest BCUT2D eigenvalue weighted by atomic mass is 15.2. The molecule has 2 aromatic rings. The highest BCUT2D eigenvalue weighted by Crippen LogP contribution is 2.14. The smallest absolute Gasteiger partial charge is 0.110 e. The van der Waals surface area contributed by atoms with Crippen molar-refractivity contribution in [1.82, 2.24) is 24.5 Å². The van der Waals surface area contributed by atoms with Crippen LogP contribution >= 0.6 is 0 Å². The van der Waals surface area contributed by atoms with Gasteiger partial charge >= 0.3 is 0 Å². The Morgan fingerprint density at radius 3 is 2.88 bits per heavy atom. The van der Waals surface area contributed by atoms with Crippen molar-refractivity contribution in [3.63, 3.8) is 0 Å². The molecule has 0 saturated carbocycles. The van der Waals surface area contributed by atoms with Gasteiger partial charge in [0.25, 0.3) is 0 Å². The van der Waals surface area contributed by atoms with Gasteiger partial charge in [-0.05, 0) is 6.92 Å². The monoisotopic (exact) mass is 234 g/mol. The van der Waals surface area contributed by atoms with Gasteiger partial charge in [-0.25, -0.2) is 9.97 Å². The largest absolute Gasteiger partial charge is 0.340 e. The SMILES string of the molecule is CCn1ccnc1CC(NN)c1cn(C)cn1. The van der Waals surface area contributed by atoms with Crippen molar-refractivity contribution in [2.45, 2.75) is 25.9 Å². The quantitative estimate of drug-likeness (QED) is 0.579. The van der Waals surface area contributed by atoms with Gasteiger partial charge < -0.3 is 9.13 Å². The number of hydrogen-bond acceptors (Lipinski definition) is 4. The van der Waals surface area contributed by atoms with Gasteiger partial charge in [-0.3, -0.25) is 11.3 Å². The molecule has 0 spiro atoms. The highest BCUT2D eigenvalue weighted by Gasteiger charge is 2.15. The average molecular weight is 234 g/mol. The van der Waals surface area contributed by atoms with Crippen LogP contribution in [0.4, 0.5) is 0 Å². The van der Waals surface area contributed by atoms with E-state index in [0.29, 0.717) is 0 Å². The van der Waals surface area contributed by atoms with E-state index in [1.165, 1.54) is 0 Å². The van der Waals surface area contributed by atoms with Crippen LogP contribution in [0.15, 0.2) is 24.9 Å². The summed E-state index contributed by atoms with van der Waals surface area (Å²) in [5, 5.41) is 0. The third kappa shape index (κ3) is 2.54. The van der Waals surface area contributed by atoms with Gasteiger partial charge in [0, 0.05) is 38.6 Å². The molecular formula is C11H18N6. The summed E-state index contributed by atoms with van der Waals surface area (Å²) in [6.45, 7) is 3.01. The molecule has 0 aliphatic carbocycles. The molecule has 0 fully saturated rings.